The minimum absolute atomic E-state index is 0.0717. The van der Waals surface area contributed by atoms with E-state index in [-0.39, 0.29) is 25.2 Å². The Bertz CT molecular complexity index is 1180. The lowest BCUT2D eigenvalue weighted by Crippen LogP contribution is -2.30. The van der Waals surface area contributed by atoms with Crippen molar-refractivity contribution in [3.8, 4) is 0 Å². The zero-order valence-corrected chi connectivity index (χ0v) is 44.0. The molecule has 0 spiro atoms. The number of allylic oxidation sites excluding steroid dienone is 12. The lowest BCUT2D eigenvalue weighted by Gasteiger charge is -2.18. The molecule has 1 atom stereocenters. The van der Waals surface area contributed by atoms with Crippen LogP contribution in [0.15, 0.2) is 72.9 Å². The molecule has 0 aliphatic carbocycles. The zero-order chi connectivity index (χ0) is 47.7. The van der Waals surface area contributed by atoms with Crippen LogP contribution in [0.5, 0.6) is 0 Å². The van der Waals surface area contributed by atoms with Crippen LogP contribution in [0.25, 0.3) is 0 Å². The Morgan fingerprint density at radius 2 is 0.682 bits per heavy atom. The number of rotatable bonds is 52. The van der Waals surface area contributed by atoms with E-state index in [1.807, 2.05) is 0 Å². The van der Waals surface area contributed by atoms with Crippen LogP contribution >= 0.6 is 0 Å². The molecule has 5 heteroatoms. The van der Waals surface area contributed by atoms with E-state index >= 15 is 0 Å². The van der Waals surface area contributed by atoms with Gasteiger partial charge in [0, 0.05) is 19.4 Å². The first-order valence-corrected chi connectivity index (χ1v) is 28.5. The topological polar surface area (TPSA) is 61.8 Å². The van der Waals surface area contributed by atoms with E-state index in [2.05, 4.69) is 93.7 Å². The molecule has 0 radical (unpaired) electrons. The van der Waals surface area contributed by atoms with Gasteiger partial charge in [-0.2, -0.15) is 0 Å². The van der Waals surface area contributed by atoms with Crippen molar-refractivity contribution >= 4 is 11.9 Å². The molecule has 0 fully saturated rings. The van der Waals surface area contributed by atoms with Crippen molar-refractivity contribution in [3.63, 3.8) is 0 Å². The van der Waals surface area contributed by atoms with E-state index in [1.165, 1.54) is 148 Å². The Morgan fingerprint density at radius 1 is 0.348 bits per heavy atom. The third-order valence-corrected chi connectivity index (χ3v) is 12.2. The lowest BCUT2D eigenvalue weighted by atomic mass is 10.0. The average Bonchev–Trinajstić information content (AvgIpc) is 3.32. The van der Waals surface area contributed by atoms with Gasteiger partial charge in [-0.15, -0.1) is 0 Å². The minimum atomic E-state index is -0.552. The zero-order valence-electron chi connectivity index (χ0n) is 44.0. The molecule has 0 aromatic heterocycles. The normalized spacial score (nSPS) is 12.7. The van der Waals surface area contributed by atoms with Gasteiger partial charge < -0.3 is 14.2 Å². The fourth-order valence-corrected chi connectivity index (χ4v) is 8.00. The van der Waals surface area contributed by atoms with Gasteiger partial charge in [0.25, 0.3) is 0 Å². The van der Waals surface area contributed by atoms with Crippen LogP contribution in [0.4, 0.5) is 0 Å². The van der Waals surface area contributed by atoms with Crippen LogP contribution in [0, 0.1) is 0 Å². The first-order chi connectivity index (χ1) is 32.6. The van der Waals surface area contributed by atoms with Crippen LogP contribution in [0.1, 0.15) is 278 Å². The van der Waals surface area contributed by atoms with Gasteiger partial charge >= 0.3 is 11.9 Å². The van der Waals surface area contributed by atoms with E-state index in [0.29, 0.717) is 19.4 Å². The molecule has 0 bridgehead atoms. The summed E-state index contributed by atoms with van der Waals surface area (Å²) in [6, 6.07) is 0. The first kappa shape index (κ1) is 63.3. The van der Waals surface area contributed by atoms with Gasteiger partial charge in [0.2, 0.25) is 0 Å². The number of esters is 2. The Balaban J connectivity index is 4.30. The number of hydrogen-bond donors (Lipinski definition) is 0. The molecule has 0 aliphatic rings. The Labute approximate surface area is 410 Å². The molecule has 0 saturated carbocycles. The fraction of sp³-hybridized carbons (Fsp3) is 0.770. The number of carbonyl (C=O) groups is 2. The summed E-state index contributed by atoms with van der Waals surface area (Å²) in [7, 11) is 0. The van der Waals surface area contributed by atoms with Gasteiger partial charge in [-0.3, -0.25) is 9.59 Å². The summed E-state index contributed by atoms with van der Waals surface area (Å²) in [5, 5.41) is 0. The molecule has 0 aliphatic heterocycles. The molecule has 0 aromatic carbocycles. The molecular formula is C61H108O5. The van der Waals surface area contributed by atoms with Crippen molar-refractivity contribution in [2.75, 3.05) is 19.8 Å². The third-order valence-electron chi connectivity index (χ3n) is 12.2. The Morgan fingerprint density at radius 3 is 1.12 bits per heavy atom. The Hall–Kier alpha value is -2.66. The summed E-state index contributed by atoms with van der Waals surface area (Å²) in [5.74, 6) is -0.422. The molecule has 0 saturated heterocycles. The van der Waals surface area contributed by atoms with Gasteiger partial charge in [-0.25, -0.2) is 0 Å². The predicted octanol–water partition coefficient (Wildman–Crippen LogP) is 19.5. The van der Waals surface area contributed by atoms with Crippen LogP contribution < -0.4 is 0 Å². The standard InChI is InChI=1S/C61H108O5/c1-4-7-10-13-16-19-22-25-28-30-31-32-34-36-39-42-45-48-51-54-60(62)65-58-59(57-64-56-53-50-47-44-41-38-35-29-26-23-20-17-14-11-8-5-2)66-61(63)55-52-49-46-43-40-37-33-27-24-21-18-15-12-9-6-3/h9,12,16,18-19,21,25,27-28,31-33,59H,4-8,10-11,13-15,17,20,22-24,26,29-30,34-58H2,1-3H3/b12-9-,19-16-,21-18-,28-25-,32-31-,33-27-. The second-order valence-corrected chi connectivity index (χ2v) is 18.8. The lowest BCUT2D eigenvalue weighted by molar-refractivity contribution is -0.163. The molecule has 0 aromatic rings. The smallest absolute Gasteiger partial charge is 0.306 e. The van der Waals surface area contributed by atoms with E-state index in [1.54, 1.807) is 0 Å². The van der Waals surface area contributed by atoms with Crippen LogP contribution in [0.3, 0.4) is 0 Å². The van der Waals surface area contributed by atoms with Crippen LogP contribution in [-0.4, -0.2) is 37.9 Å². The summed E-state index contributed by atoms with van der Waals surface area (Å²) in [6.07, 6.45) is 73.4. The number of ether oxygens (including phenoxy) is 3. The second-order valence-electron chi connectivity index (χ2n) is 18.8. The summed E-state index contributed by atoms with van der Waals surface area (Å²) < 4.78 is 17.5. The predicted molar refractivity (Wildman–Crippen MR) is 288 cm³/mol. The maximum absolute atomic E-state index is 12.8. The van der Waals surface area contributed by atoms with E-state index in [9.17, 15) is 9.59 Å². The maximum atomic E-state index is 12.8. The van der Waals surface area contributed by atoms with E-state index in [4.69, 9.17) is 14.2 Å². The van der Waals surface area contributed by atoms with Crippen molar-refractivity contribution in [2.24, 2.45) is 0 Å². The first-order valence-electron chi connectivity index (χ1n) is 28.5. The monoisotopic (exact) mass is 921 g/mol. The molecular weight excluding hydrogens is 813 g/mol. The van der Waals surface area contributed by atoms with Crippen molar-refractivity contribution in [3.05, 3.63) is 72.9 Å². The molecule has 66 heavy (non-hydrogen) atoms. The number of carbonyl (C=O) groups excluding carboxylic acids is 2. The van der Waals surface area contributed by atoms with Crippen LogP contribution in [0.2, 0.25) is 0 Å². The molecule has 5 nitrogen and oxygen atoms in total. The summed E-state index contributed by atoms with van der Waals surface area (Å²) in [5.41, 5.74) is 0. The third kappa shape index (κ3) is 54.0. The highest BCUT2D eigenvalue weighted by Crippen LogP contribution is 2.15. The second kappa shape index (κ2) is 56.7. The summed E-state index contributed by atoms with van der Waals surface area (Å²) in [4.78, 5) is 25.5. The molecule has 0 rings (SSSR count). The SMILES string of the molecule is CC/C=C\C/C=C\C/C=C\CCCCCCCC(=O)OC(COCCCCCCCCCCCCCCCCCC)COC(=O)CCCCCCCC/C=C\C/C=C\C/C=C\CCCCC. The fourth-order valence-electron chi connectivity index (χ4n) is 8.00. The molecule has 382 valence electrons. The van der Waals surface area contributed by atoms with Gasteiger partial charge in [0.1, 0.15) is 6.61 Å². The molecule has 0 heterocycles. The van der Waals surface area contributed by atoms with Crippen molar-refractivity contribution in [2.45, 2.75) is 284 Å². The van der Waals surface area contributed by atoms with Crippen molar-refractivity contribution in [1.29, 1.82) is 0 Å². The summed E-state index contributed by atoms with van der Waals surface area (Å²) in [6.45, 7) is 7.69. The van der Waals surface area contributed by atoms with Gasteiger partial charge in [-0.1, -0.05) is 248 Å². The van der Waals surface area contributed by atoms with Crippen molar-refractivity contribution in [1.82, 2.24) is 0 Å². The number of unbranched alkanes of at least 4 members (excludes halogenated alkanes) is 29. The number of hydrogen-bond acceptors (Lipinski definition) is 5. The van der Waals surface area contributed by atoms with Crippen molar-refractivity contribution < 1.29 is 23.8 Å². The van der Waals surface area contributed by atoms with E-state index < -0.39 is 6.10 Å². The largest absolute Gasteiger partial charge is 0.462 e. The maximum Gasteiger partial charge on any atom is 0.306 e. The van der Waals surface area contributed by atoms with Gasteiger partial charge in [-0.05, 0) is 89.9 Å². The molecule has 1 unspecified atom stereocenters. The van der Waals surface area contributed by atoms with E-state index in [0.717, 1.165) is 96.3 Å². The van der Waals surface area contributed by atoms with Crippen LogP contribution in [-0.2, 0) is 23.8 Å². The quantitative estimate of drug-likeness (QED) is 0.0346. The van der Waals surface area contributed by atoms with Gasteiger partial charge in [0.05, 0.1) is 6.61 Å². The van der Waals surface area contributed by atoms with Gasteiger partial charge in [0.15, 0.2) is 6.10 Å². The highest BCUT2D eigenvalue weighted by atomic mass is 16.6. The minimum Gasteiger partial charge on any atom is -0.462 e. The molecule has 0 N–H and O–H groups in total. The molecule has 0 amide bonds. The highest BCUT2D eigenvalue weighted by Gasteiger charge is 2.17. The Kier molecular flexibility index (Phi) is 54.4. The highest BCUT2D eigenvalue weighted by molar-refractivity contribution is 5.70. The average molecular weight is 922 g/mol. The summed E-state index contributed by atoms with van der Waals surface area (Å²) >= 11 is 0.